The van der Waals surface area contributed by atoms with E-state index in [9.17, 15) is 9.90 Å². The number of hydrogen-bond acceptors (Lipinski definition) is 5. The number of carbonyl (C=O) groups is 1. The van der Waals surface area contributed by atoms with Crippen LogP contribution < -0.4 is 21.1 Å². The van der Waals surface area contributed by atoms with Gasteiger partial charge in [0.1, 0.15) is 11.9 Å². The second-order valence-electron chi connectivity index (χ2n) is 6.41. The number of ether oxygens (including phenoxy) is 1. The smallest absolute Gasteiger partial charge is 0.255 e. The molecular weight excluding hydrogens is 388 g/mol. The van der Waals surface area contributed by atoms with Crippen molar-refractivity contribution >= 4 is 33.3 Å². The third-order valence-corrected chi connectivity index (χ3v) is 5.42. The normalized spacial score (nSPS) is 12.6. The molecule has 1 heterocycles. The van der Waals surface area contributed by atoms with E-state index >= 15 is 0 Å². The van der Waals surface area contributed by atoms with Gasteiger partial charge in [0.25, 0.3) is 5.91 Å². The van der Waals surface area contributed by atoms with E-state index in [1.54, 1.807) is 24.5 Å². The van der Waals surface area contributed by atoms with Crippen LogP contribution in [0.3, 0.4) is 0 Å². The first-order valence-corrected chi connectivity index (χ1v) is 9.98. The fourth-order valence-electron chi connectivity index (χ4n) is 2.77. The number of aliphatic hydroxyl groups excluding tert-OH is 1. The van der Waals surface area contributed by atoms with Crippen LogP contribution in [-0.2, 0) is 11.3 Å². The zero-order valence-corrected chi connectivity index (χ0v) is 16.9. The van der Waals surface area contributed by atoms with E-state index in [1.807, 2.05) is 48.5 Å². The quantitative estimate of drug-likeness (QED) is 0.335. The molecule has 3 rings (SSSR count). The summed E-state index contributed by atoms with van der Waals surface area (Å²) in [7, 11) is 1.67. The van der Waals surface area contributed by atoms with Crippen LogP contribution in [0.25, 0.3) is 10.1 Å². The number of carbonyl (C=O) groups excluding carboxylic acids is 1. The van der Waals surface area contributed by atoms with E-state index in [1.165, 1.54) is 0 Å². The van der Waals surface area contributed by atoms with Gasteiger partial charge >= 0.3 is 0 Å². The average Bonchev–Trinajstić information content (AvgIpc) is 3.17. The lowest BCUT2D eigenvalue weighted by Gasteiger charge is -2.15. The highest BCUT2D eigenvalue weighted by Crippen LogP contribution is 2.29. The van der Waals surface area contributed by atoms with Gasteiger partial charge in [0.2, 0.25) is 0 Å². The summed E-state index contributed by atoms with van der Waals surface area (Å²) in [6.07, 6.45) is -0.628. The molecule has 1 aromatic heterocycles. The predicted molar refractivity (Wildman–Crippen MR) is 116 cm³/mol. The maximum atomic E-state index is 10.8. The van der Waals surface area contributed by atoms with Crippen molar-refractivity contribution < 1.29 is 14.6 Å². The molecule has 29 heavy (non-hydrogen) atoms. The monoisotopic (exact) mass is 412 g/mol. The van der Waals surface area contributed by atoms with E-state index in [2.05, 4.69) is 15.6 Å². The molecule has 0 radical (unpaired) electrons. The number of thiophene rings is 1. The molecule has 0 saturated carbocycles. The van der Waals surface area contributed by atoms with Crippen LogP contribution in [0.5, 0.6) is 5.75 Å². The van der Waals surface area contributed by atoms with Crippen molar-refractivity contribution in [2.24, 2.45) is 10.7 Å². The summed E-state index contributed by atoms with van der Waals surface area (Å²) in [6.45, 7) is 0.691. The number of rotatable bonds is 8. The molecule has 0 bridgehead atoms. The van der Waals surface area contributed by atoms with E-state index in [0.717, 1.165) is 20.5 Å². The summed E-state index contributed by atoms with van der Waals surface area (Å²) >= 11 is 1.59. The van der Waals surface area contributed by atoms with E-state index in [0.29, 0.717) is 24.8 Å². The lowest BCUT2D eigenvalue weighted by atomic mass is 10.2. The van der Waals surface area contributed by atoms with Gasteiger partial charge in [-0.05, 0) is 35.2 Å². The number of nitrogens with two attached hydrogens (primary N) is 1. The van der Waals surface area contributed by atoms with Crippen LogP contribution in [0.2, 0.25) is 0 Å². The first-order chi connectivity index (χ1) is 14.0. The van der Waals surface area contributed by atoms with Gasteiger partial charge in [-0.3, -0.25) is 9.79 Å². The Hall–Kier alpha value is -3.10. The Balaban J connectivity index is 1.51. The highest BCUT2D eigenvalue weighted by Gasteiger charge is 2.12. The molecule has 5 N–H and O–H groups in total. The topological polar surface area (TPSA) is 109 Å². The van der Waals surface area contributed by atoms with Crippen molar-refractivity contribution in [1.29, 1.82) is 0 Å². The van der Waals surface area contributed by atoms with Gasteiger partial charge in [-0.1, -0.05) is 30.3 Å². The SMILES string of the molecule is CN=C(NCc1cccc(OCC(N)=O)c1)NCC(O)c1cc2ccccc2s1. The van der Waals surface area contributed by atoms with Gasteiger partial charge < -0.3 is 26.2 Å². The minimum atomic E-state index is -0.628. The maximum Gasteiger partial charge on any atom is 0.255 e. The molecule has 7 nitrogen and oxygen atoms in total. The number of benzene rings is 2. The van der Waals surface area contributed by atoms with Crippen LogP contribution in [0.15, 0.2) is 59.6 Å². The highest BCUT2D eigenvalue weighted by atomic mass is 32.1. The first-order valence-electron chi connectivity index (χ1n) is 9.16. The second-order valence-corrected chi connectivity index (χ2v) is 7.53. The van der Waals surface area contributed by atoms with Gasteiger partial charge in [0.05, 0.1) is 0 Å². The van der Waals surface area contributed by atoms with Crippen LogP contribution in [0, 0.1) is 0 Å². The molecule has 0 aliphatic rings. The number of aliphatic imine (C=N–C) groups is 1. The molecular formula is C21H24N4O3S. The van der Waals surface area contributed by atoms with Crippen LogP contribution in [0.1, 0.15) is 16.5 Å². The van der Waals surface area contributed by atoms with E-state index in [4.69, 9.17) is 10.5 Å². The number of fused-ring (bicyclic) bond motifs is 1. The summed E-state index contributed by atoms with van der Waals surface area (Å²) < 4.78 is 6.47. The largest absolute Gasteiger partial charge is 0.484 e. The molecule has 1 atom stereocenters. The van der Waals surface area contributed by atoms with E-state index < -0.39 is 12.0 Å². The van der Waals surface area contributed by atoms with Crippen molar-refractivity contribution in [2.75, 3.05) is 20.2 Å². The molecule has 1 amide bonds. The zero-order chi connectivity index (χ0) is 20.6. The van der Waals surface area contributed by atoms with Gasteiger partial charge in [-0.15, -0.1) is 11.3 Å². The van der Waals surface area contributed by atoms with Crippen molar-refractivity contribution in [2.45, 2.75) is 12.6 Å². The minimum absolute atomic E-state index is 0.157. The minimum Gasteiger partial charge on any atom is -0.484 e. The van der Waals surface area contributed by atoms with Gasteiger partial charge in [0.15, 0.2) is 12.6 Å². The molecule has 8 heteroatoms. The molecule has 2 aromatic carbocycles. The predicted octanol–water partition coefficient (Wildman–Crippen LogP) is 2.16. The Morgan fingerprint density at radius 3 is 2.79 bits per heavy atom. The van der Waals surface area contributed by atoms with Crippen molar-refractivity contribution in [3.8, 4) is 5.75 Å². The second kappa shape index (κ2) is 9.90. The lowest BCUT2D eigenvalue weighted by molar-refractivity contribution is -0.119. The number of guanidine groups is 1. The number of hydrogen-bond donors (Lipinski definition) is 4. The summed E-state index contributed by atoms with van der Waals surface area (Å²) in [6, 6.07) is 17.5. The molecule has 152 valence electrons. The van der Waals surface area contributed by atoms with Crippen LogP contribution in [-0.4, -0.2) is 37.2 Å². The lowest BCUT2D eigenvalue weighted by Crippen LogP contribution is -2.38. The van der Waals surface area contributed by atoms with Crippen molar-refractivity contribution in [3.63, 3.8) is 0 Å². The third-order valence-electron chi connectivity index (χ3n) is 4.20. The molecule has 0 aliphatic carbocycles. The third kappa shape index (κ3) is 5.94. The number of nitrogens with zero attached hydrogens (tertiary/aromatic N) is 1. The fraction of sp³-hybridized carbons (Fsp3) is 0.238. The number of amides is 1. The molecule has 0 saturated heterocycles. The Kier molecular flexibility index (Phi) is 7.04. The summed E-state index contributed by atoms with van der Waals surface area (Å²) in [5, 5.41) is 18.0. The van der Waals surface area contributed by atoms with Crippen molar-refractivity contribution in [1.82, 2.24) is 10.6 Å². The molecule has 0 spiro atoms. The Bertz CT molecular complexity index is 969. The fourth-order valence-corrected chi connectivity index (χ4v) is 3.82. The van der Waals surface area contributed by atoms with E-state index in [-0.39, 0.29) is 6.61 Å². The van der Waals surface area contributed by atoms with Crippen LogP contribution >= 0.6 is 11.3 Å². The standard InChI is InChI=1S/C21H24N4O3S/c1-23-21(24-11-14-5-4-7-16(9-14)28-13-20(22)27)25-12-17(26)19-10-15-6-2-3-8-18(15)29-19/h2-10,17,26H,11-13H2,1H3,(H2,22,27)(H2,23,24,25). The Morgan fingerprint density at radius 1 is 1.21 bits per heavy atom. The van der Waals surface area contributed by atoms with Gasteiger partial charge in [-0.25, -0.2) is 0 Å². The Morgan fingerprint density at radius 2 is 2.03 bits per heavy atom. The summed E-state index contributed by atoms with van der Waals surface area (Å²) in [5.74, 6) is 0.634. The van der Waals surface area contributed by atoms with Gasteiger partial charge in [0, 0.05) is 29.7 Å². The molecule has 3 aromatic rings. The number of aliphatic hydroxyl groups is 1. The average molecular weight is 413 g/mol. The highest BCUT2D eigenvalue weighted by molar-refractivity contribution is 7.19. The summed E-state index contributed by atoms with van der Waals surface area (Å²) in [5.41, 5.74) is 6.05. The maximum absolute atomic E-state index is 10.8. The van der Waals surface area contributed by atoms with Crippen molar-refractivity contribution in [3.05, 3.63) is 65.0 Å². The number of primary amides is 1. The number of nitrogens with one attached hydrogen (secondary N) is 2. The van der Waals surface area contributed by atoms with Gasteiger partial charge in [-0.2, -0.15) is 0 Å². The zero-order valence-electron chi connectivity index (χ0n) is 16.1. The molecule has 0 fully saturated rings. The Labute approximate surface area is 173 Å². The first kappa shape index (κ1) is 20.6. The van der Waals surface area contributed by atoms with Crippen LogP contribution in [0.4, 0.5) is 0 Å². The summed E-state index contributed by atoms with van der Waals surface area (Å²) in [4.78, 5) is 15.9. The molecule has 0 aliphatic heterocycles. The molecule has 1 unspecified atom stereocenters.